The van der Waals surface area contributed by atoms with Crippen molar-refractivity contribution < 1.29 is 9.90 Å². The summed E-state index contributed by atoms with van der Waals surface area (Å²) in [7, 11) is 0. The van der Waals surface area contributed by atoms with Crippen LogP contribution in [-0.4, -0.2) is 21.0 Å². The lowest BCUT2D eigenvalue weighted by Gasteiger charge is -2.24. The van der Waals surface area contributed by atoms with Gasteiger partial charge in [-0.05, 0) is 104 Å². The molecule has 1 saturated carbocycles. The van der Waals surface area contributed by atoms with Gasteiger partial charge in [-0.3, -0.25) is 4.79 Å². The molecule has 0 bridgehead atoms. The molecule has 0 unspecified atom stereocenters. The van der Waals surface area contributed by atoms with Crippen LogP contribution in [0.3, 0.4) is 0 Å². The zero-order chi connectivity index (χ0) is 29.0. The minimum atomic E-state index is -0.884. The SMILES string of the molecule is Cc1ccc2ccc(/C=C\c3cccc([C@@H](CCc4ccccc4C(C)(C)O)SCC4(CC(=O)S)CC4)c3)nc2c1. The Kier molecular flexibility index (Phi) is 9.08. The maximum absolute atomic E-state index is 11.8. The van der Waals surface area contributed by atoms with Gasteiger partial charge in [0.2, 0.25) is 0 Å². The zero-order valence-corrected chi connectivity index (χ0v) is 25.8. The van der Waals surface area contributed by atoms with Crippen molar-refractivity contribution in [3.05, 3.63) is 112 Å². The number of carbonyl (C=O) groups is 1. The van der Waals surface area contributed by atoms with Crippen LogP contribution in [0.4, 0.5) is 0 Å². The second kappa shape index (κ2) is 12.6. The van der Waals surface area contributed by atoms with Crippen molar-refractivity contribution in [2.45, 2.75) is 63.7 Å². The molecule has 0 aliphatic heterocycles. The zero-order valence-electron chi connectivity index (χ0n) is 24.1. The minimum absolute atomic E-state index is 0.0108. The molecule has 3 nitrogen and oxygen atoms in total. The molecule has 0 radical (unpaired) electrons. The molecular weight excluding hydrogens is 543 g/mol. The lowest BCUT2D eigenvalue weighted by Crippen LogP contribution is -2.18. The summed E-state index contributed by atoms with van der Waals surface area (Å²) >= 11 is 6.04. The molecule has 212 valence electrons. The second-order valence-corrected chi connectivity index (χ2v) is 13.8. The highest BCUT2D eigenvalue weighted by molar-refractivity contribution is 7.99. The number of aliphatic hydroxyl groups is 1. The van der Waals surface area contributed by atoms with Crippen LogP contribution in [0.5, 0.6) is 0 Å². The lowest BCUT2D eigenvalue weighted by atomic mass is 9.90. The number of nitrogens with zero attached hydrogens (tertiary/aromatic N) is 1. The number of rotatable bonds is 12. The summed E-state index contributed by atoms with van der Waals surface area (Å²) in [5.74, 6) is 0.956. The van der Waals surface area contributed by atoms with E-state index in [4.69, 9.17) is 4.98 Å². The van der Waals surface area contributed by atoms with Gasteiger partial charge in [-0.25, -0.2) is 4.98 Å². The molecule has 5 rings (SSSR count). The van der Waals surface area contributed by atoms with E-state index in [2.05, 4.69) is 98.4 Å². The maximum Gasteiger partial charge on any atom is 0.186 e. The van der Waals surface area contributed by atoms with E-state index in [-0.39, 0.29) is 15.8 Å². The Bertz CT molecular complexity index is 1570. The number of thioether (sulfide) groups is 1. The summed E-state index contributed by atoms with van der Waals surface area (Å²) < 4.78 is 0. The van der Waals surface area contributed by atoms with Crippen LogP contribution in [0.2, 0.25) is 0 Å². The molecule has 3 aromatic carbocycles. The minimum Gasteiger partial charge on any atom is -0.386 e. The Morgan fingerprint density at radius 2 is 1.83 bits per heavy atom. The van der Waals surface area contributed by atoms with Gasteiger partial charge in [0.1, 0.15) is 0 Å². The molecule has 1 aromatic heterocycles. The third kappa shape index (κ3) is 7.91. The summed E-state index contributed by atoms with van der Waals surface area (Å²) in [5, 5.41) is 12.2. The van der Waals surface area contributed by atoms with Gasteiger partial charge in [0.25, 0.3) is 0 Å². The third-order valence-electron chi connectivity index (χ3n) is 8.02. The van der Waals surface area contributed by atoms with Crippen LogP contribution in [0, 0.1) is 12.3 Å². The first kappa shape index (κ1) is 29.6. The molecule has 1 fully saturated rings. The van der Waals surface area contributed by atoms with Crippen molar-refractivity contribution in [1.29, 1.82) is 0 Å². The number of thiol groups is 1. The Balaban J connectivity index is 1.37. The monoisotopic (exact) mass is 581 g/mol. The summed E-state index contributed by atoms with van der Waals surface area (Å²) in [6.07, 6.45) is 8.79. The molecule has 1 heterocycles. The number of aryl methyl sites for hydroxylation is 2. The standard InChI is InChI=1S/C36H39NO2S2/c1-25-11-13-28-14-17-30(37-32(28)21-25)16-12-26-7-6-9-29(22-26)33(41-24-36(19-20-36)23-34(38)40)18-15-27-8-4-5-10-31(27)35(2,3)39/h4-14,16-17,21-22,33,39H,15,18-20,23-24H2,1-3H3,(H,38,40)/b16-12-/t33-/m1/s1. The number of benzene rings is 3. The molecule has 0 amide bonds. The van der Waals surface area contributed by atoms with E-state index < -0.39 is 5.60 Å². The van der Waals surface area contributed by atoms with Crippen LogP contribution in [0.15, 0.2) is 78.9 Å². The fraction of sp³-hybridized carbons (Fsp3) is 0.333. The Hall–Kier alpha value is -2.86. The predicted octanol–water partition coefficient (Wildman–Crippen LogP) is 8.97. The van der Waals surface area contributed by atoms with Crippen molar-refractivity contribution in [3.63, 3.8) is 0 Å². The quantitative estimate of drug-likeness (QED) is 0.164. The van der Waals surface area contributed by atoms with E-state index in [0.717, 1.165) is 59.2 Å². The van der Waals surface area contributed by atoms with Crippen LogP contribution < -0.4 is 0 Å². The van der Waals surface area contributed by atoms with Crippen LogP contribution in [-0.2, 0) is 16.8 Å². The van der Waals surface area contributed by atoms with Gasteiger partial charge in [0.05, 0.1) is 16.8 Å². The maximum atomic E-state index is 11.8. The van der Waals surface area contributed by atoms with Gasteiger partial charge in [0.15, 0.2) is 5.12 Å². The molecule has 0 saturated heterocycles. The normalized spacial score (nSPS) is 15.3. The molecular formula is C36H39NO2S2. The Morgan fingerprint density at radius 3 is 2.59 bits per heavy atom. The molecule has 4 aromatic rings. The third-order valence-corrected chi connectivity index (χ3v) is 9.87. The van der Waals surface area contributed by atoms with Crippen molar-refractivity contribution in [1.82, 2.24) is 4.98 Å². The van der Waals surface area contributed by atoms with Crippen molar-refractivity contribution in [3.8, 4) is 0 Å². The average Bonchev–Trinajstić information content (AvgIpc) is 3.70. The van der Waals surface area contributed by atoms with Crippen molar-refractivity contribution in [2.75, 3.05) is 5.75 Å². The Morgan fingerprint density at radius 1 is 1.05 bits per heavy atom. The summed E-state index contributed by atoms with van der Waals surface area (Å²) in [5.41, 5.74) is 6.97. The van der Waals surface area contributed by atoms with Gasteiger partial charge >= 0.3 is 0 Å². The van der Waals surface area contributed by atoms with Gasteiger partial charge < -0.3 is 5.11 Å². The van der Waals surface area contributed by atoms with Crippen LogP contribution >= 0.6 is 24.4 Å². The van der Waals surface area contributed by atoms with Crippen LogP contribution in [0.25, 0.3) is 23.1 Å². The first-order valence-electron chi connectivity index (χ1n) is 14.4. The molecule has 1 atom stereocenters. The lowest BCUT2D eigenvalue weighted by molar-refractivity contribution is -0.111. The summed E-state index contributed by atoms with van der Waals surface area (Å²) in [6.45, 7) is 5.80. The number of carbonyl (C=O) groups excluding carboxylic acids is 1. The number of hydrogen-bond acceptors (Lipinski definition) is 4. The molecule has 5 heteroatoms. The van der Waals surface area contributed by atoms with Crippen molar-refractivity contribution >= 4 is 52.6 Å². The fourth-order valence-corrected chi connectivity index (χ4v) is 7.40. The number of hydrogen-bond donors (Lipinski definition) is 2. The van der Waals surface area contributed by atoms with E-state index in [1.165, 1.54) is 16.7 Å². The highest BCUT2D eigenvalue weighted by atomic mass is 32.2. The highest BCUT2D eigenvalue weighted by Gasteiger charge is 2.44. The van der Waals surface area contributed by atoms with Gasteiger partial charge in [0, 0.05) is 17.1 Å². The van der Waals surface area contributed by atoms with Crippen LogP contribution in [0.1, 0.15) is 78.3 Å². The number of fused-ring (bicyclic) bond motifs is 1. The summed E-state index contributed by atoms with van der Waals surface area (Å²) in [6, 6.07) is 27.5. The molecule has 41 heavy (non-hydrogen) atoms. The van der Waals surface area contributed by atoms with E-state index in [1.807, 2.05) is 37.7 Å². The number of pyridine rings is 1. The molecule has 0 spiro atoms. The van der Waals surface area contributed by atoms with E-state index >= 15 is 0 Å². The highest BCUT2D eigenvalue weighted by Crippen LogP contribution is 2.53. The molecule has 1 N–H and O–H groups in total. The van der Waals surface area contributed by atoms with E-state index in [1.54, 1.807) is 0 Å². The van der Waals surface area contributed by atoms with Gasteiger partial charge in [-0.1, -0.05) is 72.8 Å². The van der Waals surface area contributed by atoms with Gasteiger partial charge in [-0.15, -0.1) is 12.6 Å². The average molecular weight is 582 g/mol. The summed E-state index contributed by atoms with van der Waals surface area (Å²) in [4.78, 5) is 16.6. The second-order valence-electron chi connectivity index (χ2n) is 12.1. The predicted molar refractivity (Wildman–Crippen MR) is 177 cm³/mol. The number of aromatic nitrogens is 1. The topological polar surface area (TPSA) is 50.2 Å². The Labute approximate surface area is 253 Å². The smallest absolute Gasteiger partial charge is 0.186 e. The first-order valence-corrected chi connectivity index (χ1v) is 15.9. The fourth-order valence-electron chi connectivity index (χ4n) is 5.50. The molecule has 1 aliphatic rings. The van der Waals surface area contributed by atoms with E-state index in [9.17, 15) is 9.90 Å². The largest absolute Gasteiger partial charge is 0.386 e. The van der Waals surface area contributed by atoms with Gasteiger partial charge in [-0.2, -0.15) is 11.8 Å². The van der Waals surface area contributed by atoms with Crippen molar-refractivity contribution in [2.24, 2.45) is 5.41 Å². The van der Waals surface area contributed by atoms with E-state index in [0.29, 0.717) is 6.42 Å². The first-order chi connectivity index (χ1) is 19.6. The molecule has 1 aliphatic carbocycles.